The van der Waals surface area contributed by atoms with Gasteiger partial charge in [-0.15, -0.1) is 0 Å². The quantitative estimate of drug-likeness (QED) is 0.693. The van der Waals surface area contributed by atoms with E-state index >= 15 is 0 Å². The molecule has 0 bridgehead atoms. The summed E-state index contributed by atoms with van der Waals surface area (Å²) in [6.45, 7) is 2.18. The van der Waals surface area contributed by atoms with Gasteiger partial charge in [-0.3, -0.25) is 5.10 Å². The van der Waals surface area contributed by atoms with Gasteiger partial charge in [0.25, 0.3) is 0 Å². The Morgan fingerprint density at radius 2 is 2.00 bits per heavy atom. The maximum atomic E-state index is 6.06. The van der Waals surface area contributed by atoms with Crippen molar-refractivity contribution >= 4 is 22.3 Å². The normalized spacial score (nSPS) is 14.9. The van der Waals surface area contributed by atoms with Crippen molar-refractivity contribution in [2.24, 2.45) is 0 Å². The number of nitrogens with zero attached hydrogens (tertiary/aromatic N) is 1. The first-order chi connectivity index (χ1) is 11.2. The first-order valence-electron chi connectivity index (χ1n) is 8.27. The van der Waals surface area contributed by atoms with Crippen LogP contribution in [0.15, 0.2) is 42.5 Å². The van der Waals surface area contributed by atoms with Gasteiger partial charge in [0.15, 0.2) is 5.82 Å². The lowest BCUT2D eigenvalue weighted by molar-refractivity contribution is 0.742. The molecule has 3 aromatic rings. The highest BCUT2D eigenvalue weighted by Gasteiger charge is 2.13. The van der Waals surface area contributed by atoms with Gasteiger partial charge in [-0.25, -0.2) is 0 Å². The van der Waals surface area contributed by atoms with Crippen LogP contribution < -0.4 is 5.73 Å². The number of aromatic nitrogens is 2. The van der Waals surface area contributed by atoms with Crippen molar-refractivity contribution in [2.75, 3.05) is 5.73 Å². The van der Waals surface area contributed by atoms with Crippen LogP contribution in [0.25, 0.3) is 27.6 Å². The molecule has 0 aliphatic heterocycles. The minimum Gasteiger partial charge on any atom is -0.382 e. The van der Waals surface area contributed by atoms with E-state index in [2.05, 4.69) is 47.5 Å². The molecule has 4 rings (SSSR count). The fourth-order valence-electron chi connectivity index (χ4n) is 3.59. The van der Waals surface area contributed by atoms with Crippen molar-refractivity contribution in [3.8, 4) is 11.1 Å². The molecular formula is C20H21N3. The van der Waals surface area contributed by atoms with E-state index in [1.807, 2.05) is 12.1 Å². The second-order valence-corrected chi connectivity index (χ2v) is 6.34. The molecule has 2 aromatic carbocycles. The zero-order valence-electron chi connectivity index (χ0n) is 13.4. The molecule has 3 N–H and O–H groups in total. The number of rotatable bonds is 2. The Morgan fingerprint density at radius 3 is 2.78 bits per heavy atom. The van der Waals surface area contributed by atoms with Crippen LogP contribution in [0.1, 0.15) is 36.8 Å². The van der Waals surface area contributed by atoms with Crippen molar-refractivity contribution in [1.29, 1.82) is 0 Å². The summed E-state index contributed by atoms with van der Waals surface area (Å²) in [5, 5.41) is 8.16. The highest BCUT2D eigenvalue weighted by atomic mass is 15.1. The van der Waals surface area contributed by atoms with Crippen LogP contribution in [-0.2, 0) is 0 Å². The predicted octanol–water partition coefficient (Wildman–Crippen LogP) is 5.08. The van der Waals surface area contributed by atoms with Gasteiger partial charge in [0.05, 0.1) is 10.9 Å². The lowest BCUT2D eigenvalue weighted by Gasteiger charge is -2.15. The molecule has 1 aromatic heterocycles. The molecule has 116 valence electrons. The number of hydrogen-bond acceptors (Lipinski definition) is 2. The Hall–Kier alpha value is -2.55. The molecule has 0 unspecified atom stereocenters. The van der Waals surface area contributed by atoms with Gasteiger partial charge in [0, 0.05) is 0 Å². The summed E-state index contributed by atoms with van der Waals surface area (Å²) in [6.07, 6.45) is 7.43. The number of anilines is 1. The van der Waals surface area contributed by atoms with Crippen LogP contribution >= 0.6 is 0 Å². The highest BCUT2D eigenvalue weighted by Crippen LogP contribution is 2.35. The van der Waals surface area contributed by atoms with Crippen LogP contribution in [0.5, 0.6) is 0 Å². The van der Waals surface area contributed by atoms with Crippen LogP contribution in [0.2, 0.25) is 0 Å². The Labute approximate surface area is 136 Å². The lowest BCUT2D eigenvalue weighted by atomic mass is 9.90. The van der Waals surface area contributed by atoms with Crippen LogP contribution in [-0.4, -0.2) is 10.2 Å². The summed E-state index contributed by atoms with van der Waals surface area (Å²) in [5.41, 5.74) is 13.6. The third-order valence-corrected chi connectivity index (χ3v) is 4.80. The number of benzene rings is 2. The van der Waals surface area contributed by atoms with Crippen molar-refractivity contribution in [3.63, 3.8) is 0 Å². The Kier molecular flexibility index (Phi) is 3.41. The minimum absolute atomic E-state index is 0.564. The summed E-state index contributed by atoms with van der Waals surface area (Å²) in [7, 11) is 0. The molecule has 1 heterocycles. The molecule has 0 atom stereocenters. The highest BCUT2D eigenvalue weighted by molar-refractivity contribution is 6.02. The number of aromatic amines is 1. The molecule has 23 heavy (non-hydrogen) atoms. The van der Waals surface area contributed by atoms with E-state index in [0.717, 1.165) is 16.5 Å². The number of nitrogens with one attached hydrogen (secondary N) is 1. The largest absolute Gasteiger partial charge is 0.382 e. The van der Waals surface area contributed by atoms with Crippen molar-refractivity contribution in [1.82, 2.24) is 10.2 Å². The van der Waals surface area contributed by atoms with E-state index in [1.165, 1.54) is 47.9 Å². The monoisotopic (exact) mass is 303 g/mol. The topological polar surface area (TPSA) is 54.7 Å². The number of hydrogen-bond donors (Lipinski definition) is 2. The first kappa shape index (κ1) is 14.1. The summed E-state index contributed by atoms with van der Waals surface area (Å²) in [6, 6.07) is 13.0. The molecule has 3 nitrogen and oxygen atoms in total. The van der Waals surface area contributed by atoms with E-state index in [0.29, 0.717) is 5.82 Å². The van der Waals surface area contributed by atoms with Crippen molar-refractivity contribution < 1.29 is 0 Å². The van der Waals surface area contributed by atoms with E-state index in [-0.39, 0.29) is 0 Å². The van der Waals surface area contributed by atoms with E-state index in [9.17, 15) is 0 Å². The SMILES string of the molecule is Cc1cc(C2=CCCCC2)ccc1-c1cccc2[nH]nc(N)c12. The Morgan fingerprint density at radius 1 is 1.09 bits per heavy atom. The van der Waals surface area contributed by atoms with Gasteiger partial charge in [-0.2, -0.15) is 5.10 Å². The number of nitrogens with two attached hydrogens (primary N) is 1. The first-order valence-corrected chi connectivity index (χ1v) is 8.27. The number of allylic oxidation sites excluding steroid dienone is 2. The molecule has 0 fully saturated rings. The molecule has 0 amide bonds. The smallest absolute Gasteiger partial charge is 0.153 e. The van der Waals surface area contributed by atoms with Crippen LogP contribution in [0.4, 0.5) is 5.82 Å². The third kappa shape index (κ3) is 2.42. The molecule has 3 heteroatoms. The fraction of sp³-hybridized carbons (Fsp3) is 0.250. The maximum Gasteiger partial charge on any atom is 0.153 e. The van der Waals surface area contributed by atoms with E-state index in [4.69, 9.17) is 5.73 Å². The molecular weight excluding hydrogens is 282 g/mol. The predicted molar refractivity (Wildman–Crippen MR) is 97.1 cm³/mol. The van der Waals surface area contributed by atoms with Gasteiger partial charge >= 0.3 is 0 Å². The Bertz CT molecular complexity index is 902. The lowest BCUT2D eigenvalue weighted by Crippen LogP contribution is -1.94. The number of fused-ring (bicyclic) bond motifs is 1. The van der Waals surface area contributed by atoms with Gasteiger partial charge in [-0.1, -0.05) is 36.4 Å². The van der Waals surface area contributed by atoms with Gasteiger partial charge in [-0.05, 0) is 66.5 Å². The maximum absolute atomic E-state index is 6.06. The number of H-pyrrole nitrogens is 1. The second-order valence-electron chi connectivity index (χ2n) is 6.34. The van der Waals surface area contributed by atoms with Gasteiger partial charge in [0.2, 0.25) is 0 Å². The third-order valence-electron chi connectivity index (χ3n) is 4.80. The van der Waals surface area contributed by atoms with E-state index < -0.39 is 0 Å². The summed E-state index contributed by atoms with van der Waals surface area (Å²) in [4.78, 5) is 0. The van der Waals surface area contributed by atoms with Crippen molar-refractivity contribution in [2.45, 2.75) is 32.6 Å². The number of nitrogen functional groups attached to an aromatic ring is 1. The minimum atomic E-state index is 0.564. The molecule has 1 aliphatic carbocycles. The zero-order chi connectivity index (χ0) is 15.8. The van der Waals surface area contributed by atoms with Gasteiger partial charge in [0.1, 0.15) is 0 Å². The van der Waals surface area contributed by atoms with E-state index in [1.54, 1.807) is 0 Å². The van der Waals surface area contributed by atoms with Crippen LogP contribution in [0, 0.1) is 6.92 Å². The van der Waals surface area contributed by atoms with Gasteiger partial charge < -0.3 is 5.73 Å². The average Bonchev–Trinajstić information content (AvgIpc) is 2.97. The summed E-state index contributed by atoms with van der Waals surface area (Å²) >= 11 is 0. The molecule has 1 aliphatic rings. The zero-order valence-corrected chi connectivity index (χ0v) is 13.4. The molecule has 0 saturated carbocycles. The second kappa shape index (κ2) is 5.58. The standard InChI is InChI=1S/C20H21N3/c1-13-12-15(14-6-3-2-4-7-14)10-11-16(13)17-8-5-9-18-19(17)20(21)23-22-18/h5-6,8-12H,2-4,7H2,1H3,(H3,21,22,23). The van der Waals surface area contributed by atoms with Crippen molar-refractivity contribution in [3.05, 3.63) is 53.6 Å². The Balaban J connectivity index is 1.83. The van der Waals surface area contributed by atoms with Crippen LogP contribution in [0.3, 0.4) is 0 Å². The fourth-order valence-corrected chi connectivity index (χ4v) is 3.59. The molecule has 0 saturated heterocycles. The average molecular weight is 303 g/mol. The summed E-state index contributed by atoms with van der Waals surface area (Å²) in [5.74, 6) is 0.564. The number of aryl methyl sites for hydroxylation is 1. The molecule has 0 radical (unpaired) electrons. The molecule has 0 spiro atoms. The summed E-state index contributed by atoms with van der Waals surface area (Å²) < 4.78 is 0.